The summed E-state index contributed by atoms with van der Waals surface area (Å²) in [5.74, 6) is -0.414. The number of hydrogen-bond acceptors (Lipinski definition) is 3. The SMILES string of the molecule is O=C(O)c1cccc(N2CC(C3=C(c4cc(Cl)ccc4OCc4ccc(F)cc4)CCC3)CCC2=O)c1. The van der Waals surface area contributed by atoms with E-state index < -0.39 is 5.97 Å². The second-order valence-corrected chi connectivity index (χ2v) is 9.94. The number of hydrogen-bond donors (Lipinski definition) is 1. The molecule has 1 fully saturated rings. The molecule has 1 heterocycles. The van der Waals surface area contributed by atoms with Gasteiger partial charge in [0.1, 0.15) is 18.2 Å². The molecule has 7 heteroatoms. The maximum atomic E-state index is 13.3. The maximum Gasteiger partial charge on any atom is 0.335 e. The Balaban J connectivity index is 1.43. The number of aromatic carboxylic acids is 1. The molecule has 0 aromatic heterocycles. The summed E-state index contributed by atoms with van der Waals surface area (Å²) in [5.41, 5.74) is 5.11. The molecule has 1 N–H and O–H groups in total. The van der Waals surface area contributed by atoms with E-state index in [4.69, 9.17) is 16.3 Å². The number of carbonyl (C=O) groups is 2. The fourth-order valence-corrected chi connectivity index (χ4v) is 5.49. The van der Waals surface area contributed by atoms with Crippen LogP contribution in [0.15, 0.2) is 72.3 Å². The summed E-state index contributed by atoms with van der Waals surface area (Å²) in [5, 5.41) is 10.0. The summed E-state index contributed by atoms with van der Waals surface area (Å²) >= 11 is 6.41. The van der Waals surface area contributed by atoms with E-state index in [0.717, 1.165) is 42.6 Å². The van der Waals surface area contributed by atoms with Gasteiger partial charge < -0.3 is 14.7 Å². The van der Waals surface area contributed by atoms with Crippen LogP contribution in [0.5, 0.6) is 5.75 Å². The first-order valence-corrected chi connectivity index (χ1v) is 12.8. The van der Waals surface area contributed by atoms with Gasteiger partial charge in [0, 0.05) is 29.2 Å². The Morgan fingerprint density at radius 1 is 1.05 bits per heavy atom. The third-order valence-corrected chi connectivity index (χ3v) is 7.38. The van der Waals surface area contributed by atoms with Crippen LogP contribution in [0.2, 0.25) is 5.02 Å². The van der Waals surface area contributed by atoms with E-state index in [1.165, 1.54) is 29.3 Å². The van der Waals surface area contributed by atoms with Gasteiger partial charge in [-0.2, -0.15) is 0 Å². The molecular weight excluding hydrogens is 493 g/mol. The van der Waals surface area contributed by atoms with Crippen molar-refractivity contribution in [3.63, 3.8) is 0 Å². The van der Waals surface area contributed by atoms with Crippen LogP contribution in [0.25, 0.3) is 5.57 Å². The minimum absolute atomic E-state index is 0.00464. The fourth-order valence-electron chi connectivity index (χ4n) is 5.32. The number of carboxylic acids is 1. The first kappa shape index (κ1) is 25.0. The molecule has 3 aromatic carbocycles. The minimum Gasteiger partial charge on any atom is -0.488 e. The zero-order chi connectivity index (χ0) is 25.9. The summed E-state index contributed by atoms with van der Waals surface area (Å²) in [4.78, 5) is 26.0. The van der Waals surface area contributed by atoms with Gasteiger partial charge in [-0.1, -0.05) is 35.4 Å². The van der Waals surface area contributed by atoms with Crippen molar-refractivity contribution in [1.29, 1.82) is 0 Å². The molecule has 1 amide bonds. The van der Waals surface area contributed by atoms with Crippen LogP contribution < -0.4 is 9.64 Å². The molecule has 37 heavy (non-hydrogen) atoms. The highest BCUT2D eigenvalue weighted by molar-refractivity contribution is 6.30. The molecule has 1 aliphatic carbocycles. The van der Waals surface area contributed by atoms with Gasteiger partial charge in [-0.05, 0) is 91.3 Å². The monoisotopic (exact) mass is 519 g/mol. The van der Waals surface area contributed by atoms with E-state index in [1.54, 1.807) is 41.3 Å². The molecule has 1 saturated heterocycles. The largest absolute Gasteiger partial charge is 0.488 e. The van der Waals surface area contributed by atoms with Gasteiger partial charge in [0.15, 0.2) is 0 Å². The Morgan fingerprint density at radius 3 is 2.65 bits per heavy atom. The Bertz CT molecular complexity index is 1370. The van der Waals surface area contributed by atoms with E-state index in [0.29, 0.717) is 30.3 Å². The standard InChI is InChI=1S/C30H27ClFNO4/c31-22-10-13-28(37-18-19-7-11-23(32)12-8-19)27(16-22)26-6-2-5-25(26)21-9-14-29(34)33(17-21)24-4-1-3-20(15-24)30(35)36/h1,3-4,7-8,10-13,15-16,21H,2,5-6,9,14,17-18H2,(H,35,36). The second kappa shape index (κ2) is 10.8. The van der Waals surface area contributed by atoms with Crippen LogP contribution in [-0.2, 0) is 11.4 Å². The van der Waals surface area contributed by atoms with E-state index in [-0.39, 0.29) is 23.2 Å². The van der Waals surface area contributed by atoms with Crippen molar-refractivity contribution in [3.8, 4) is 5.75 Å². The third-order valence-electron chi connectivity index (χ3n) is 7.14. The predicted octanol–water partition coefficient (Wildman–Crippen LogP) is 7.14. The molecule has 3 aromatic rings. The summed E-state index contributed by atoms with van der Waals surface area (Å²) < 4.78 is 19.5. The highest BCUT2D eigenvalue weighted by atomic mass is 35.5. The third kappa shape index (κ3) is 5.54. The van der Waals surface area contributed by atoms with E-state index in [1.807, 2.05) is 12.1 Å². The van der Waals surface area contributed by atoms with Crippen LogP contribution in [-0.4, -0.2) is 23.5 Å². The molecule has 1 aliphatic heterocycles. The Morgan fingerprint density at radius 2 is 1.86 bits per heavy atom. The predicted molar refractivity (Wildman–Crippen MR) is 141 cm³/mol. The molecular formula is C30H27ClFNO4. The van der Waals surface area contributed by atoms with Crippen LogP contribution in [0.4, 0.5) is 10.1 Å². The highest BCUT2D eigenvalue weighted by Crippen LogP contribution is 2.44. The lowest BCUT2D eigenvalue weighted by atomic mass is 9.85. The van der Waals surface area contributed by atoms with Crippen molar-refractivity contribution < 1.29 is 23.8 Å². The molecule has 1 atom stereocenters. The number of carboxylic acid groups (broad SMARTS) is 1. The number of piperidine rings is 1. The van der Waals surface area contributed by atoms with E-state index >= 15 is 0 Å². The van der Waals surface area contributed by atoms with Gasteiger partial charge in [-0.3, -0.25) is 4.79 Å². The molecule has 5 nitrogen and oxygen atoms in total. The number of allylic oxidation sites excluding steroid dienone is 1. The molecule has 190 valence electrons. The average Bonchev–Trinajstić information content (AvgIpc) is 3.39. The van der Waals surface area contributed by atoms with Crippen molar-refractivity contribution >= 4 is 34.7 Å². The summed E-state index contributed by atoms with van der Waals surface area (Å²) in [7, 11) is 0. The molecule has 0 radical (unpaired) electrons. The van der Waals surface area contributed by atoms with Crippen molar-refractivity contribution in [2.45, 2.75) is 38.7 Å². The molecule has 0 bridgehead atoms. The van der Waals surface area contributed by atoms with Crippen LogP contribution in [0.3, 0.4) is 0 Å². The van der Waals surface area contributed by atoms with E-state index in [9.17, 15) is 19.1 Å². The zero-order valence-corrected chi connectivity index (χ0v) is 21.0. The van der Waals surface area contributed by atoms with Crippen molar-refractivity contribution in [2.24, 2.45) is 5.92 Å². The van der Waals surface area contributed by atoms with Gasteiger partial charge >= 0.3 is 5.97 Å². The van der Waals surface area contributed by atoms with Crippen LogP contribution >= 0.6 is 11.6 Å². The van der Waals surface area contributed by atoms with Gasteiger partial charge in [0.05, 0.1) is 5.56 Å². The maximum absolute atomic E-state index is 13.3. The van der Waals surface area contributed by atoms with Crippen molar-refractivity contribution in [1.82, 2.24) is 0 Å². The quantitative estimate of drug-likeness (QED) is 0.360. The number of halogens is 2. The van der Waals surface area contributed by atoms with Crippen LogP contribution in [0.1, 0.15) is 53.6 Å². The molecule has 2 aliphatic rings. The number of anilines is 1. The number of ether oxygens (including phenoxy) is 1. The molecule has 5 rings (SSSR count). The Kier molecular flexibility index (Phi) is 7.28. The number of carbonyl (C=O) groups excluding carboxylic acids is 1. The molecule has 0 spiro atoms. The minimum atomic E-state index is -1.02. The van der Waals surface area contributed by atoms with Gasteiger partial charge in [0.25, 0.3) is 0 Å². The van der Waals surface area contributed by atoms with Crippen molar-refractivity contribution in [3.05, 3.63) is 99.8 Å². The molecule has 0 saturated carbocycles. The lowest BCUT2D eigenvalue weighted by Crippen LogP contribution is -2.40. The highest BCUT2D eigenvalue weighted by Gasteiger charge is 2.33. The van der Waals surface area contributed by atoms with Gasteiger partial charge in [-0.15, -0.1) is 0 Å². The Hall–Kier alpha value is -3.64. The van der Waals surface area contributed by atoms with Gasteiger partial charge in [-0.25, -0.2) is 9.18 Å². The summed E-state index contributed by atoms with van der Waals surface area (Å²) in [6.07, 6.45) is 3.98. The first-order valence-electron chi connectivity index (χ1n) is 12.4. The average molecular weight is 520 g/mol. The normalized spacial score (nSPS) is 17.8. The van der Waals surface area contributed by atoms with E-state index in [2.05, 4.69) is 0 Å². The van der Waals surface area contributed by atoms with Gasteiger partial charge in [0.2, 0.25) is 5.91 Å². The van der Waals surface area contributed by atoms with Crippen molar-refractivity contribution in [2.75, 3.05) is 11.4 Å². The second-order valence-electron chi connectivity index (χ2n) is 9.51. The Labute approximate surface area is 220 Å². The lowest BCUT2D eigenvalue weighted by Gasteiger charge is -2.34. The number of amides is 1. The zero-order valence-electron chi connectivity index (χ0n) is 20.3. The molecule has 1 unspecified atom stereocenters. The smallest absolute Gasteiger partial charge is 0.335 e. The number of rotatable bonds is 7. The number of nitrogens with zero attached hydrogens (tertiary/aromatic N) is 1. The summed E-state index contributed by atoms with van der Waals surface area (Å²) in [6, 6.07) is 18.4. The number of benzene rings is 3. The lowest BCUT2D eigenvalue weighted by molar-refractivity contribution is -0.120. The summed E-state index contributed by atoms with van der Waals surface area (Å²) in [6.45, 7) is 0.816. The van der Waals surface area contributed by atoms with Crippen LogP contribution in [0, 0.1) is 11.7 Å². The first-order chi connectivity index (χ1) is 17.9. The topological polar surface area (TPSA) is 66.8 Å². The fraction of sp³-hybridized carbons (Fsp3) is 0.267.